The molecule has 0 saturated carbocycles. The predicted octanol–water partition coefficient (Wildman–Crippen LogP) is 4.04. The van der Waals surface area contributed by atoms with Crippen molar-refractivity contribution in [2.75, 3.05) is 18.9 Å². The van der Waals surface area contributed by atoms with Gasteiger partial charge in [0.25, 0.3) is 0 Å². The number of carboxylic acids is 2. The smallest absolute Gasteiger partial charge is 0.490 e. The molecule has 0 bridgehead atoms. The van der Waals surface area contributed by atoms with Crippen molar-refractivity contribution in [2.24, 2.45) is 0 Å². The zero-order valence-corrected chi connectivity index (χ0v) is 21.7. The van der Waals surface area contributed by atoms with E-state index in [0.717, 1.165) is 51.6 Å². The molecule has 0 saturated heterocycles. The average Bonchev–Trinajstić information content (AvgIpc) is 3.01. The van der Waals surface area contributed by atoms with E-state index >= 15 is 0 Å². The van der Waals surface area contributed by atoms with Crippen LogP contribution in [0.4, 0.5) is 32.2 Å². The van der Waals surface area contributed by atoms with E-state index < -0.39 is 24.3 Å². The van der Waals surface area contributed by atoms with Gasteiger partial charge in [-0.15, -0.1) is 0 Å². The molecule has 5 N–H and O–H groups in total. The Morgan fingerprint density at radius 2 is 1.68 bits per heavy atom. The van der Waals surface area contributed by atoms with Crippen LogP contribution in [0.1, 0.15) is 35.3 Å². The summed E-state index contributed by atoms with van der Waals surface area (Å²) in [5.41, 5.74) is 10.7. The fourth-order valence-corrected chi connectivity index (χ4v) is 3.73. The number of anilines is 1. The molecule has 3 aromatic rings. The average molecular weight is 601 g/mol. The maximum absolute atomic E-state index is 10.6. The number of ether oxygens (including phenoxy) is 1. The molecule has 40 heavy (non-hydrogen) atoms. The SMILES string of the molecule is Cc1c(Cl)cc(C(C)n2nc(C)c3c(N)ncnc32)c2c1CNCCO2.O=C(O)C(F)(F)F.O=C(O)C(F)(F)F. The summed E-state index contributed by atoms with van der Waals surface area (Å²) < 4.78 is 71.4. The molecule has 3 heterocycles. The lowest BCUT2D eigenvalue weighted by molar-refractivity contribution is -0.193. The lowest BCUT2D eigenvalue weighted by atomic mass is 9.98. The van der Waals surface area contributed by atoms with Crippen LogP contribution >= 0.6 is 11.6 Å². The molecule has 1 aliphatic heterocycles. The van der Waals surface area contributed by atoms with Crippen molar-refractivity contribution in [2.45, 2.75) is 45.7 Å². The van der Waals surface area contributed by atoms with E-state index in [1.54, 1.807) is 0 Å². The minimum absolute atomic E-state index is 0.120. The Kier molecular flexibility index (Phi) is 10.1. The van der Waals surface area contributed by atoms with Crippen LogP contribution in [0, 0.1) is 13.8 Å². The second-order valence-corrected chi connectivity index (χ2v) is 8.58. The Morgan fingerprint density at radius 1 is 1.12 bits per heavy atom. The number of benzene rings is 1. The molecule has 1 atom stereocenters. The fraction of sp³-hybridized carbons (Fsp3) is 0.409. The fourth-order valence-electron chi connectivity index (χ4n) is 3.50. The summed E-state index contributed by atoms with van der Waals surface area (Å²) in [6.45, 7) is 8.14. The molecule has 0 radical (unpaired) electrons. The molecular weight excluding hydrogens is 578 g/mol. The van der Waals surface area contributed by atoms with Gasteiger partial charge in [-0.05, 0) is 32.4 Å². The van der Waals surface area contributed by atoms with E-state index in [4.69, 9.17) is 41.9 Å². The highest BCUT2D eigenvalue weighted by atomic mass is 35.5. The van der Waals surface area contributed by atoms with Crippen LogP contribution in [0.5, 0.6) is 5.75 Å². The molecule has 1 aliphatic rings. The second-order valence-electron chi connectivity index (χ2n) is 8.17. The van der Waals surface area contributed by atoms with Gasteiger partial charge in [-0.25, -0.2) is 24.2 Å². The number of fused-ring (bicyclic) bond motifs is 2. The van der Waals surface area contributed by atoms with E-state index in [1.807, 2.05) is 24.6 Å². The number of nitrogens with one attached hydrogen (secondary N) is 1. The first-order valence-corrected chi connectivity index (χ1v) is 11.5. The Labute approximate surface area is 226 Å². The van der Waals surface area contributed by atoms with Gasteiger partial charge >= 0.3 is 24.3 Å². The van der Waals surface area contributed by atoms with Crippen LogP contribution < -0.4 is 15.8 Å². The van der Waals surface area contributed by atoms with Gasteiger partial charge in [0.15, 0.2) is 5.65 Å². The molecule has 2 aromatic heterocycles. The second kappa shape index (κ2) is 12.5. The highest BCUT2D eigenvalue weighted by Crippen LogP contribution is 2.39. The molecular formula is C22H23ClF6N6O5. The third-order valence-electron chi connectivity index (χ3n) is 5.45. The highest BCUT2D eigenvalue weighted by Gasteiger charge is 2.38. The number of nitrogens with zero attached hydrogens (tertiary/aromatic N) is 4. The number of rotatable bonds is 2. The lowest BCUT2D eigenvalue weighted by Crippen LogP contribution is -2.21. The maximum Gasteiger partial charge on any atom is 0.490 e. The number of alkyl halides is 6. The first-order valence-electron chi connectivity index (χ1n) is 11.1. The zero-order chi connectivity index (χ0) is 30.6. The normalized spacial score (nSPS) is 13.9. The van der Waals surface area contributed by atoms with Gasteiger partial charge in [-0.3, -0.25) is 0 Å². The number of aliphatic carboxylic acids is 2. The number of nitrogen functional groups attached to an aromatic ring is 1. The van der Waals surface area contributed by atoms with E-state index in [2.05, 4.69) is 27.3 Å². The Morgan fingerprint density at radius 3 is 2.20 bits per heavy atom. The number of hydrogen-bond donors (Lipinski definition) is 4. The van der Waals surface area contributed by atoms with Crippen LogP contribution in [0.25, 0.3) is 11.0 Å². The summed E-state index contributed by atoms with van der Waals surface area (Å²) in [6.07, 6.45) is -8.70. The van der Waals surface area contributed by atoms with Crippen molar-refractivity contribution < 1.29 is 50.9 Å². The van der Waals surface area contributed by atoms with Crippen LogP contribution in [-0.4, -0.2) is 67.4 Å². The molecule has 0 fully saturated rings. The number of carboxylic acid groups (broad SMARTS) is 2. The van der Waals surface area contributed by atoms with Crippen molar-refractivity contribution >= 4 is 40.4 Å². The summed E-state index contributed by atoms with van der Waals surface area (Å²) in [5, 5.41) is 23.8. The van der Waals surface area contributed by atoms with Crippen molar-refractivity contribution in [3.8, 4) is 5.75 Å². The standard InChI is InChI=1S/C18H21ClN6O.2C2HF3O2/c1-9-13-7-21-4-5-26-16(13)12(6-14(9)19)11(3)25-18-15(10(2)24-25)17(20)22-8-23-18;2*3-2(4,5)1(6)7/h6,8,11,21H,4-5,7H2,1-3H3,(H2,20,22,23);2*(H,6,7). The monoisotopic (exact) mass is 600 g/mol. The number of halogens is 7. The number of nitrogens with two attached hydrogens (primary N) is 1. The van der Waals surface area contributed by atoms with Gasteiger partial charge in [0, 0.05) is 29.2 Å². The van der Waals surface area contributed by atoms with Crippen molar-refractivity contribution in [1.29, 1.82) is 0 Å². The quantitative estimate of drug-likeness (QED) is 0.315. The lowest BCUT2D eigenvalue weighted by Gasteiger charge is -2.21. The molecule has 18 heteroatoms. The van der Waals surface area contributed by atoms with Gasteiger partial charge < -0.3 is 26.0 Å². The van der Waals surface area contributed by atoms with Gasteiger partial charge in [0.1, 0.15) is 24.5 Å². The number of carbonyl (C=O) groups is 2. The largest absolute Gasteiger partial charge is 0.492 e. The molecule has 11 nitrogen and oxygen atoms in total. The zero-order valence-electron chi connectivity index (χ0n) is 21.0. The van der Waals surface area contributed by atoms with Gasteiger partial charge in [0.05, 0.1) is 17.1 Å². The van der Waals surface area contributed by atoms with Crippen LogP contribution in [-0.2, 0) is 16.1 Å². The minimum Gasteiger partial charge on any atom is -0.492 e. The van der Waals surface area contributed by atoms with Crippen molar-refractivity contribution in [3.63, 3.8) is 0 Å². The van der Waals surface area contributed by atoms with E-state index in [9.17, 15) is 26.3 Å². The van der Waals surface area contributed by atoms with Crippen molar-refractivity contribution in [3.05, 3.63) is 39.8 Å². The topological polar surface area (TPSA) is 165 Å². The van der Waals surface area contributed by atoms with Gasteiger partial charge in [-0.2, -0.15) is 31.4 Å². The minimum atomic E-state index is -5.08. The highest BCUT2D eigenvalue weighted by molar-refractivity contribution is 6.31. The van der Waals surface area contributed by atoms with E-state index in [0.29, 0.717) is 18.1 Å². The van der Waals surface area contributed by atoms with Gasteiger partial charge in [0.2, 0.25) is 0 Å². The van der Waals surface area contributed by atoms with Crippen molar-refractivity contribution in [1.82, 2.24) is 25.1 Å². The third-order valence-corrected chi connectivity index (χ3v) is 5.84. The molecule has 0 aliphatic carbocycles. The van der Waals surface area contributed by atoms with E-state index in [-0.39, 0.29) is 6.04 Å². The molecule has 220 valence electrons. The first-order chi connectivity index (χ1) is 18.4. The molecule has 0 amide bonds. The Balaban J connectivity index is 0.000000333. The number of hydrogen-bond acceptors (Lipinski definition) is 8. The maximum atomic E-state index is 10.6. The molecule has 1 unspecified atom stereocenters. The van der Waals surface area contributed by atoms with Gasteiger partial charge in [-0.1, -0.05) is 11.6 Å². The van der Waals surface area contributed by atoms with Crippen LogP contribution in [0.15, 0.2) is 12.4 Å². The summed E-state index contributed by atoms with van der Waals surface area (Å²) in [4.78, 5) is 26.3. The predicted molar refractivity (Wildman–Crippen MR) is 129 cm³/mol. The third kappa shape index (κ3) is 7.62. The summed E-state index contributed by atoms with van der Waals surface area (Å²) in [6, 6.07) is 1.85. The van der Waals surface area contributed by atoms with E-state index in [1.165, 1.54) is 6.33 Å². The van der Waals surface area contributed by atoms with Crippen LogP contribution in [0.3, 0.4) is 0 Å². The molecule has 0 spiro atoms. The summed E-state index contributed by atoms with van der Waals surface area (Å²) >= 11 is 6.53. The van der Waals surface area contributed by atoms with Crippen LogP contribution in [0.2, 0.25) is 5.02 Å². The summed E-state index contributed by atoms with van der Waals surface area (Å²) in [7, 11) is 0. The first kappa shape index (κ1) is 32.4. The molecule has 1 aromatic carbocycles. The summed E-state index contributed by atoms with van der Waals surface area (Å²) in [5.74, 6) is -4.19. The molecule has 4 rings (SSSR count). The number of aryl methyl sites for hydroxylation is 1. The Bertz CT molecular complexity index is 1370. The number of aromatic nitrogens is 4. The Hall–Kier alpha value is -3.86.